The monoisotopic (exact) mass is 292 g/mol. The van der Waals surface area contributed by atoms with Gasteiger partial charge >= 0.3 is 0 Å². The topological polar surface area (TPSA) is 0 Å². The van der Waals surface area contributed by atoms with Gasteiger partial charge in [-0.15, -0.1) is 0 Å². The molecular weight excluding hydrogens is 268 g/mol. The lowest BCUT2D eigenvalue weighted by Crippen LogP contribution is -1.87. The third-order valence-corrected chi connectivity index (χ3v) is 5.85. The number of hydrogen-bond donors (Lipinski definition) is 0. The zero-order valence-corrected chi connectivity index (χ0v) is 13.5. The lowest BCUT2D eigenvalue weighted by atomic mass is 10.0. The second-order valence-corrected chi connectivity index (χ2v) is 7.53. The highest BCUT2D eigenvalue weighted by atomic mass is 33.1. The van der Waals surface area contributed by atoms with Crippen LogP contribution in [-0.2, 0) is 6.42 Å². The van der Waals surface area contributed by atoms with Crippen molar-refractivity contribution in [1.29, 1.82) is 0 Å². The predicted octanol–water partition coefficient (Wildman–Crippen LogP) is 6.33. The van der Waals surface area contributed by atoms with Crippen LogP contribution in [0.25, 0.3) is 4.91 Å². The van der Waals surface area contributed by atoms with Crippen molar-refractivity contribution in [3.8, 4) is 0 Å². The fourth-order valence-electron chi connectivity index (χ4n) is 2.35. The Morgan fingerprint density at radius 2 is 1.68 bits per heavy atom. The molecule has 1 aliphatic rings. The Bertz CT molecular complexity index is 392. The average molecular weight is 293 g/mol. The van der Waals surface area contributed by atoms with Gasteiger partial charge in [0.05, 0.1) is 0 Å². The summed E-state index contributed by atoms with van der Waals surface area (Å²) < 4.78 is 0. The zero-order chi connectivity index (χ0) is 13.3. The van der Waals surface area contributed by atoms with Crippen LogP contribution in [0.15, 0.2) is 30.3 Å². The first-order valence-electron chi connectivity index (χ1n) is 7.49. The van der Waals surface area contributed by atoms with Crippen molar-refractivity contribution < 1.29 is 0 Å². The van der Waals surface area contributed by atoms with Crippen LogP contribution in [0.5, 0.6) is 0 Å². The number of unbranched alkanes of at least 4 members (excludes halogenated alkanes) is 5. The van der Waals surface area contributed by atoms with E-state index in [4.69, 9.17) is 0 Å². The highest BCUT2D eigenvalue weighted by molar-refractivity contribution is 8.80. The first-order valence-corrected chi connectivity index (χ1v) is 9.81. The van der Waals surface area contributed by atoms with Gasteiger partial charge in [0.15, 0.2) is 0 Å². The van der Waals surface area contributed by atoms with E-state index in [0.29, 0.717) is 0 Å². The van der Waals surface area contributed by atoms with E-state index in [-0.39, 0.29) is 0 Å². The fourth-order valence-corrected chi connectivity index (χ4v) is 4.55. The molecule has 1 aromatic rings. The summed E-state index contributed by atoms with van der Waals surface area (Å²) in [5, 5.41) is 0. The number of rotatable bonds is 8. The second kappa shape index (κ2) is 8.76. The summed E-state index contributed by atoms with van der Waals surface area (Å²) in [4.78, 5) is 1.44. The first-order chi connectivity index (χ1) is 9.40. The molecule has 2 rings (SSSR count). The molecule has 1 aliphatic heterocycles. The molecular formula is C17H24S2. The highest BCUT2D eigenvalue weighted by Crippen LogP contribution is 2.42. The minimum Gasteiger partial charge on any atom is -0.0847 e. The SMILES string of the molecule is CCCCCCCCc1ccc(C2=CCSS2)cc1. The smallest absolute Gasteiger partial charge is 0.0235 e. The van der Waals surface area contributed by atoms with E-state index < -0.39 is 0 Å². The van der Waals surface area contributed by atoms with E-state index in [0.717, 1.165) is 5.75 Å². The molecule has 2 heteroatoms. The van der Waals surface area contributed by atoms with Crippen molar-refractivity contribution >= 4 is 26.5 Å². The van der Waals surface area contributed by atoms with Crippen LogP contribution in [0.3, 0.4) is 0 Å². The predicted molar refractivity (Wildman–Crippen MR) is 91.5 cm³/mol. The molecule has 0 unspecified atom stereocenters. The van der Waals surface area contributed by atoms with Crippen LogP contribution in [0.2, 0.25) is 0 Å². The maximum atomic E-state index is 2.33. The molecule has 0 atom stereocenters. The van der Waals surface area contributed by atoms with Gasteiger partial charge in [-0.05, 0) is 24.0 Å². The van der Waals surface area contributed by atoms with Gasteiger partial charge in [-0.2, -0.15) is 0 Å². The maximum absolute atomic E-state index is 2.33. The lowest BCUT2D eigenvalue weighted by Gasteiger charge is -2.05. The Balaban J connectivity index is 1.70. The Hall–Kier alpha value is -0.340. The molecule has 0 N–H and O–H groups in total. The van der Waals surface area contributed by atoms with Crippen LogP contribution in [0, 0.1) is 0 Å². The highest BCUT2D eigenvalue weighted by Gasteiger charge is 2.08. The maximum Gasteiger partial charge on any atom is 0.0235 e. The van der Waals surface area contributed by atoms with Crippen LogP contribution < -0.4 is 0 Å². The summed E-state index contributed by atoms with van der Waals surface area (Å²) in [7, 11) is 3.84. The minimum atomic E-state index is 1.15. The molecule has 0 saturated heterocycles. The van der Waals surface area contributed by atoms with Crippen LogP contribution in [0.1, 0.15) is 56.6 Å². The van der Waals surface area contributed by atoms with Gasteiger partial charge in [0.1, 0.15) is 0 Å². The standard InChI is InChI=1S/C17H24S2/c1-2-3-4-5-6-7-8-15-9-11-16(12-10-15)17-13-14-18-19-17/h9-13H,2-8,14H2,1H3. The van der Waals surface area contributed by atoms with E-state index in [2.05, 4.69) is 37.3 Å². The van der Waals surface area contributed by atoms with Crippen LogP contribution in [-0.4, -0.2) is 5.75 Å². The van der Waals surface area contributed by atoms with Gasteiger partial charge in [-0.1, -0.05) is 91.0 Å². The van der Waals surface area contributed by atoms with E-state index >= 15 is 0 Å². The normalized spacial score (nSPS) is 14.7. The molecule has 0 nitrogen and oxygen atoms in total. The molecule has 0 bridgehead atoms. The van der Waals surface area contributed by atoms with Gasteiger partial charge in [-0.3, -0.25) is 0 Å². The Kier molecular flexibility index (Phi) is 6.94. The van der Waals surface area contributed by atoms with E-state index in [1.165, 1.54) is 61.0 Å². The fraction of sp³-hybridized carbons (Fsp3) is 0.529. The first kappa shape index (κ1) is 15.1. The van der Waals surface area contributed by atoms with Crippen LogP contribution in [0.4, 0.5) is 0 Å². The number of benzene rings is 1. The summed E-state index contributed by atoms with van der Waals surface area (Å²) in [6, 6.07) is 9.20. The van der Waals surface area contributed by atoms with E-state index in [9.17, 15) is 0 Å². The van der Waals surface area contributed by atoms with E-state index in [1.54, 1.807) is 0 Å². The summed E-state index contributed by atoms with van der Waals surface area (Å²) in [6.45, 7) is 2.28. The summed E-state index contributed by atoms with van der Waals surface area (Å²) in [5.74, 6) is 1.15. The minimum absolute atomic E-state index is 1.15. The molecule has 0 saturated carbocycles. The largest absolute Gasteiger partial charge is 0.0847 e. The molecule has 19 heavy (non-hydrogen) atoms. The Morgan fingerprint density at radius 3 is 2.37 bits per heavy atom. The lowest BCUT2D eigenvalue weighted by molar-refractivity contribution is 0.607. The van der Waals surface area contributed by atoms with Gasteiger partial charge in [0.2, 0.25) is 0 Å². The van der Waals surface area contributed by atoms with Gasteiger partial charge in [0.25, 0.3) is 0 Å². The summed E-state index contributed by atoms with van der Waals surface area (Å²) in [6.07, 6.45) is 11.9. The summed E-state index contributed by atoms with van der Waals surface area (Å²) >= 11 is 0. The quantitative estimate of drug-likeness (QED) is 0.406. The Labute approximate surface area is 125 Å². The van der Waals surface area contributed by atoms with Gasteiger partial charge < -0.3 is 0 Å². The molecule has 0 radical (unpaired) electrons. The van der Waals surface area contributed by atoms with Crippen molar-refractivity contribution in [1.82, 2.24) is 0 Å². The second-order valence-electron chi connectivity index (χ2n) is 5.15. The van der Waals surface area contributed by atoms with Crippen molar-refractivity contribution in [3.05, 3.63) is 41.5 Å². The Morgan fingerprint density at radius 1 is 0.947 bits per heavy atom. The van der Waals surface area contributed by atoms with Gasteiger partial charge in [0, 0.05) is 10.7 Å². The zero-order valence-electron chi connectivity index (χ0n) is 11.9. The van der Waals surface area contributed by atoms with Gasteiger partial charge in [-0.25, -0.2) is 0 Å². The number of hydrogen-bond acceptors (Lipinski definition) is 2. The molecule has 0 amide bonds. The third-order valence-electron chi connectivity index (χ3n) is 3.54. The molecule has 0 spiro atoms. The molecule has 0 fully saturated rings. The molecule has 1 aromatic carbocycles. The van der Waals surface area contributed by atoms with Crippen LogP contribution >= 0.6 is 21.6 Å². The van der Waals surface area contributed by atoms with E-state index in [1.807, 2.05) is 21.6 Å². The molecule has 0 aromatic heterocycles. The molecule has 1 heterocycles. The van der Waals surface area contributed by atoms with Crippen molar-refractivity contribution in [3.63, 3.8) is 0 Å². The number of aryl methyl sites for hydroxylation is 1. The third kappa shape index (κ3) is 5.27. The summed E-state index contributed by atoms with van der Waals surface area (Å²) in [5.41, 5.74) is 2.89. The molecule has 104 valence electrons. The van der Waals surface area contributed by atoms with Crippen molar-refractivity contribution in [2.45, 2.75) is 51.9 Å². The average Bonchev–Trinajstić information content (AvgIpc) is 2.97. The van der Waals surface area contributed by atoms with Crippen molar-refractivity contribution in [2.75, 3.05) is 5.75 Å². The van der Waals surface area contributed by atoms with Crippen molar-refractivity contribution in [2.24, 2.45) is 0 Å². The molecule has 0 aliphatic carbocycles.